The Morgan fingerprint density at radius 1 is 1.11 bits per heavy atom. The molecule has 0 atom stereocenters. The van der Waals surface area contributed by atoms with Crippen LogP contribution in [0.3, 0.4) is 0 Å². The number of carboxylic acid groups (broad SMARTS) is 1. The van der Waals surface area contributed by atoms with Crippen molar-refractivity contribution in [2.24, 2.45) is 0 Å². The number of carbonyl (C=O) groups is 1. The van der Waals surface area contributed by atoms with Crippen LogP contribution in [0.4, 0.5) is 5.69 Å². The summed E-state index contributed by atoms with van der Waals surface area (Å²) in [6, 6.07) is 13.5. The van der Waals surface area contributed by atoms with Gasteiger partial charge in [0.25, 0.3) is 0 Å². The fourth-order valence-corrected chi connectivity index (χ4v) is 1.96. The Kier molecular flexibility index (Phi) is 3.85. The Bertz CT molecular complexity index is 588. The Hall–Kier alpha value is -2.29. The molecule has 0 aliphatic rings. The zero-order valence-electron chi connectivity index (χ0n) is 11.1. The minimum absolute atomic E-state index is 0.342. The number of rotatable bonds is 4. The summed E-state index contributed by atoms with van der Waals surface area (Å²) in [5.41, 5.74) is 4.37. The zero-order chi connectivity index (χ0) is 13.8. The Morgan fingerprint density at radius 2 is 1.79 bits per heavy atom. The van der Waals surface area contributed by atoms with Crippen LogP contribution in [0.1, 0.15) is 27.0 Å². The predicted octanol–water partition coefficient (Wildman–Crippen LogP) is 3.61. The van der Waals surface area contributed by atoms with Crippen LogP contribution in [-0.4, -0.2) is 11.1 Å². The van der Waals surface area contributed by atoms with Gasteiger partial charge >= 0.3 is 5.97 Å². The van der Waals surface area contributed by atoms with Gasteiger partial charge in [-0.3, -0.25) is 0 Å². The lowest BCUT2D eigenvalue weighted by atomic mass is 10.1. The lowest BCUT2D eigenvalue weighted by Gasteiger charge is -2.11. The van der Waals surface area contributed by atoms with Gasteiger partial charge in [-0.1, -0.05) is 35.9 Å². The second kappa shape index (κ2) is 5.57. The minimum atomic E-state index is -0.892. The Labute approximate surface area is 112 Å². The van der Waals surface area contributed by atoms with Crippen LogP contribution in [0.5, 0.6) is 0 Å². The number of nitrogens with one attached hydrogen (secondary N) is 1. The van der Waals surface area contributed by atoms with Crippen LogP contribution in [0, 0.1) is 13.8 Å². The summed E-state index contributed by atoms with van der Waals surface area (Å²) in [4.78, 5) is 11.1. The van der Waals surface area contributed by atoms with E-state index < -0.39 is 5.97 Å². The van der Waals surface area contributed by atoms with Crippen LogP contribution >= 0.6 is 0 Å². The Balaban J connectivity index is 2.13. The van der Waals surface area contributed by atoms with E-state index in [4.69, 9.17) is 5.11 Å². The SMILES string of the molecule is Cc1ccc(CNc2cccc(C(=O)O)c2C)cc1. The maximum Gasteiger partial charge on any atom is 0.336 e. The molecule has 2 aromatic carbocycles. The number of benzene rings is 2. The normalized spacial score (nSPS) is 10.2. The summed E-state index contributed by atoms with van der Waals surface area (Å²) in [6.07, 6.45) is 0. The fourth-order valence-electron chi connectivity index (χ4n) is 1.96. The lowest BCUT2D eigenvalue weighted by Crippen LogP contribution is -2.05. The monoisotopic (exact) mass is 255 g/mol. The van der Waals surface area contributed by atoms with Crippen molar-refractivity contribution in [1.29, 1.82) is 0 Å². The van der Waals surface area contributed by atoms with Gasteiger partial charge < -0.3 is 10.4 Å². The molecule has 2 aromatic rings. The molecule has 0 amide bonds. The molecule has 0 unspecified atom stereocenters. The van der Waals surface area contributed by atoms with Crippen LogP contribution in [0.15, 0.2) is 42.5 Å². The predicted molar refractivity (Wildman–Crippen MR) is 76.6 cm³/mol. The van der Waals surface area contributed by atoms with Crippen molar-refractivity contribution in [1.82, 2.24) is 0 Å². The third-order valence-electron chi connectivity index (χ3n) is 3.17. The summed E-state index contributed by atoms with van der Waals surface area (Å²) in [5.74, 6) is -0.892. The standard InChI is InChI=1S/C16H17NO2/c1-11-6-8-13(9-7-11)10-17-15-5-3-4-14(12(15)2)16(18)19/h3-9,17H,10H2,1-2H3,(H,18,19). The topological polar surface area (TPSA) is 49.3 Å². The van der Waals surface area contributed by atoms with Crippen LogP contribution in [-0.2, 0) is 6.54 Å². The third kappa shape index (κ3) is 3.13. The number of aromatic carboxylic acids is 1. The van der Waals surface area contributed by atoms with Gasteiger partial charge in [-0.15, -0.1) is 0 Å². The highest BCUT2D eigenvalue weighted by molar-refractivity contribution is 5.91. The molecule has 2 N–H and O–H groups in total. The zero-order valence-corrected chi connectivity index (χ0v) is 11.1. The quantitative estimate of drug-likeness (QED) is 0.877. The summed E-state index contributed by atoms with van der Waals surface area (Å²) in [7, 11) is 0. The first-order chi connectivity index (χ1) is 9.08. The summed E-state index contributed by atoms with van der Waals surface area (Å²) < 4.78 is 0. The first-order valence-corrected chi connectivity index (χ1v) is 6.20. The lowest BCUT2D eigenvalue weighted by molar-refractivity contribution is 0.0696. The van der Waals surface area contributed by atoms with Crippen LogP contribution in [0.2, 0.25) is 0 Å². The third-order valence-corrected chi connectivity index (χ3v) is 3.17. The van der Waals surface area contributed by atoms with Crippen molar-refractivity contribution >= 4 is 11.7 Å². The molecule has 0 aliphatic heterocycles. The van der Waals surface area contributed by atoms with E-state index in [9.17, 15) is 4.79 Å². The van der Waals surface area contributed by atoms with E-state index in [1.807, 2.05) is 13.0 Å². The first kappa shape index (κ1) is 13.1. The maximum atomic E-state index is 11.1. The molecular formula is C16H17NO2. The van der Waals surface area contributed by atoms with E-state index >= 15 is 0 Å². The average Bonchev–Trinajstić information content (AvgIpc) is 2.39. The molecule has 2 rings (SSSR count). The van der Waals surface area contributed by atoms with Crippen molar-refractivity contribution in [2.45, 2.75) is 20.4 Å². The molecule has 3 heteroatoms. The second-order valence-corrected chi connectivity index (χ2v) is 4.62. The highest BCUT2D eigenvalue weighted by Crippen LogP contribution is 2.19. The van der Waals surface area contributed by atoms with Gasteiger partial charge in [0.2, 0.25) is 0 Å². The van der Waals surface area contributed by atoms with Gasteiger partial charge in [-0.25, -0.2) is 4.79 Å². The molecular weight excluding hydrogens is 238 g/mol. The molecule has 0 radical (unpaired) electrons. The van der Waals surface area contributed by atoms with Crippen molar-refractivity contribution < 1.29 is 9.90 Å². The van der Waals surface area contributed by atoms with Crippen molar-refractivity contribution in [3.05, 3.63) is 64.7 Å². The van der Waals surface area contributed by atoms with Crippen molar-refractivity contribution in [3.63, 3.8) is 0 Å². The molecule has 19 heavy (non-hydrogen) atoms. The van der Waals surface area contributed by atoms with E-state index in [2.05, 4.69) is 36.5 Å². The van der Waals surface area contributed by atoms with Gasteiger partial charge in [0, 0.05) is 12.2 Å². The summed E-state index contributed by atoms with van der Waals surface area (Å²) in [6.45, 7) is 4.56. The fraction of sp³-hybridized carbons (Fsp3) is 0.188. The van der Waals surface area contributed by atoms with E-state index in [1.54, 1.807) is 12.1 Å². The molecule has 0 spiro atoms. The highest BCUT2D eigenvalue weighted by atomic mass is 16.4. The number of anilines is 1. The van der Waals surface area contributed by atoms with Crippen LogP contribution < -0.4 is 5.32 Å². The van der Waals surface area contributed by atoms with Gasteiger partial charge in [-0.2, -0.15) is 0 Å². The highest BCUT2D eigenvalue weighted by Gasteiger charge is 2.09. The van der Waals surface area contributed by atoms with E-state index in [1.165, 1.54) is 11.1 Å². The molecule has 3 nitrogen and oxygen atoms in total. The summed E-state index contributed by atoms with van der Waals surface area (Å²) in [5, 5.41) is 12.4. The molecule has 0 heterocycles. The van der Waals surface area contributed by atoms with Gasteiger partial charge in [0.15, 0.2) is 0 Å². The molecule has 0 aromatic heterocycles. The smallest absolute Gasteiger partial charge is 0.336 e. The first-order valence-electron chi connectivity index (χ1n) is 6.20. The molecule has 0 bridgehead atoms. The van der Waals surface area contributed by atoms with Gasteiger partial charge in [0.05, 0.1) is 5.56 Å². The van der Waals surface area contributed by atoms with E-state index in [0.29, 0.717) is 12.1 Å². The van der Waals surface area contributed by atoms with Crippen molar-refractivity contribution in [3.8, 4) is 0 Å². The minimum Gasteiger partial charge on any atom is -0.478 e. The number of hydrogen-bond acceptors (Lipinski definition) is 2. The number of hydrogen-bond donors (Lipinski definition) is 2. The Morgan fingerprint density at radius 3 is 2.42 bits per heavy atom. The largest absolute Gasteiger partial charge is 0.478 e. The summed E-state index contributed by atoms with van der Waals surface area (Å²) >= 11 is 0. The second-order valence-electron chi connectivity index (χ2n) is 4.62. The van der Waals surface area contributed by atoms with Gasteiger partial charge in [-0.05, 0) is 37.1 Å². The number of carboxylic acids is 1. The maximum absolute atomic E-state index is 11.1. The molecule has 0 aliphatic carbocycles. The molecule has 0 saturated heterocycles. The van der Waals surface area contributed by atoms with Crippen molar-refractivity contribution in [2.75, 3.05) is 5.32 Å². The van der Waals surface area contributed by atoms with Crippen LogP contribution in [0.25, 0.3) is 0 Å². The molecule has 0 saturated carbocycles. The van der Waals surface area contributed by atoms with E-state index in [0.717, 1.165) is 11.3 Å². The average molecular weight is 255 g/mol. The van der Waals surface area contributed by atoms with E-state index in [-0.39, 0.29) is 0 Å². The molecule has 0 fully saturated rings. The molecule has 98 valence electrons. The number of aryl methyl sites for hydroxylation is 1. The van der Waals surface area contributed by atoms with Gasteiger partial charge in [0.1, 0.15) is 0 Å².